The summed E-state index contributed by atoms with van der Waals surface area (Å²) in [6.45, 7) is -0.0397. The van der Waals surface area contributed by atoms with E-state index in [1.165, 1.54) is 28.7 Å². The molecule has 0 saturated heterocycles. The number of hydrogen-bond acceptors (Lipinski definition) is 7. The third kappa shape index (κ3) is 3.82. The lowest BCUT2D eigenvalue weighted by atomic mass is 10.3. The molecule has 0 aliphatic heterocycles. The minimum absolute atomic E-state index is 0.0397. The van der Waals surface area contributed by atoms with Crippen LogP contribution in [0.25, 0.3) is 17.5 Å². The normalized spacial score (nSPS) is 11.1. The van der Waals surface area contributed by atoms with Gasteiger partial charge in [-0.25, -0.2) is 4.79 Å². The topological polar surface area (TPSA) is 65.2 Å². The van der Waals surface area contributed by atoms with Crippen LogP contribution in [0.3, 0.4) is 0 Å². The third-order valence-electron chi connectivity index (χ3n) is 2.56. The SMILES string of the molecule is O=C(/C=C/c1ccc(Cl)s1)OCc1noc(-c2ccsc2)n1. The van der Waals surface area contributed by atoms with Crippen LogP contribution in [-0.2, 0) is 16.1 Å². The minimum atomic E-state index is -0.480. The standard InChI is InChI=1S/C14H9ClN2O3S2/c15-11-3-1-10(22-11)2-4-13(18)19-7-12-16-14(20-17-12)9-5-6-21-8-9/h1-6,8H,7H2/b4-2+. The van der Waals surface area contributed by atoms with E-state index in [1.54, 1.807) is 12.1 Å². The molecule has 0 atom stereocenters. The van der Waals surface area contributed by atoms with Crippen molar-refractivity contribution in [3.63, 3.8) is 0 Å². The first-order chi connectivity index (χ1) is 10.7. The Hall–Kier alpha value is -1.96. The monoisotopic (exact) mass is 352 g/mol. The van der Waals surface area contributed by atoms with Crippen molar-refractivity contribution in [2.24, 2.45) is 0 Å². The van der Waals surface area contributed by atoms with Crippen LogP contribution in [0.15, 0.2) is 39.6 Å². The summed E-state index contributed by atoms with van der Waals surface area (Å²) >= 11 is 8.72. The Balaban J connectivity index is 1.54. The summed E-state index contributed by atoms with van der Waals surface area (Å²) in [5.74, 6) is 0.254. The molecular formula is C14H9ClN2O3S2. The molecule has 3 rings (SSSR count). The van der Waals surface area contributed by atoms with Gasteiger partial charge in [0.15, 0.2) is 6.61 Å². The Morgan fingerprint density at radius 1 is 1.41 bits per heavy atom. The van der Waals surface area contributed by atoms with Crippen molar-refractivity contribution in [3.05, 3.63) is 50.1 Å². The molecule has 0 bridgehead atoms. The predicted molar refractivity (Wildman–Crippen MR) is 85.8 cm³/mol. The number of carbonyl (C=O) groups excluding carboxylic acids is 1. The Morgan fingerprint density at radius 3 is 3.05 bits per heavy atom. The molecule has 112 valence electrons. The first-order valence-corrected chi connectivity index (χ1v) is 8.30. The van der Waals surface area contributed by atoms with Crippen LogP contribution in [0, 0.1) is 0 Å². The van der Waals surface area contributed by atoms with Gasteiger partial charge in [0.05, 0.1) is 9.90 Å². The number of thiophene rings is 2. The number of hydrogen-bond donors (Lipinski definition) is 0. The lowest BCUT2D eigenvalue weighted by molar-refractivity contribution is -0.139. The fraction of sp³-hybridized carbons (Fsp3) is 0.0714. The van der Waals surface area contributed by atoms with Crippen LogP contribution in [0.1, 0.15) is 10.7 Å². The summed E-state index contributed by atoms with van der Waals surface area (Å²) < 4.78 is 10.8. The molecule has 3 aromatic heterocycles. The summed E-state index contributed by atoms with van der Waals surface area (Å²) in [5, 5.41) is 7.59. The number of esters is 1. The maximum Gasteiger partial charge on any atom is 0.331 e. The number of aromatic nitrogens is 2. The van der Waals surface area contributed by atoms with Crippen molar-refractivity contribution in [2.45, 2.75) is 6.61 Å². The zero-order valence-corrected chi connectivity index (χ0v) is 13.5. The van der Waals surface area contributed by atoms with Gasteiger partial charge in [-0.1, -0.05) is 16.8 Å². The first-order valence-electron chi connectivity index (χ1n) is 6.16. The molecule has 0 amide bonds. The second-order valence-electron chi connectivity index (χ2n) is 4.11. The Labute approximate surface area is 138 Å². The van der Waals surface area contributed by atoms with Gasteiger partial charge in [0, 0.05) is 16.3 Å². The van der Waals surface area contributed by atoms with E-state index >= 15 is 0 Å². The fourth-order valence-electron chi connectivity index (χ4n) is 1.57. The Morgan fingerprint density at radius 2 is 2.32 bits per heavy atom. The molecule has 0 unspecified atom stereocenters. The lowest BCUT2D eigenvalue weighted by Gasteiger charge is -1.95. The van der Waals surface area contributed by atoms with Gasteiger partial charge in [-0.15, -0.1) is 11.3 Å². The van der Waals surface area contributed by atoms with Crippen molar-refractivity contribution < 1.29 is 14.1 Å². The zero-order chi connectivity index (χ0) is 15.4. The van der Waals surface area contributed by atoms with E-state index in [0.29, 0.717) is 16.1 Å². The van der Waals surface area contributed by atoms with Crippen LogP contribution in [0.4, 0.5) is 0 Å². The smallest absolute Gasteiger partial charge is 0.331 e. The second kappa shape index (κ2) is 6.87. The molecule has 0 fully saturated rings. The number of halogens is 1. The maximum absolute atomic E-state index is 11.6. The molecule has 0 aliphatic carbocycles. The van der Waals surface area contributed by atoms with Crippen LogP contribution < -0.4 is 0 Å². The van der Waals surface area contributed by atoms with Gasteiger partial charge >= 0.3 is 5.97 Å². The van der Waals surface area contributed by atoms with Crippen molar-refractivity contribution in [3.8, 4) is 11.5 Å². The number of carbonyl (C=O) groups is 1. The van der Waals surface area contributed by atoms with Crippen LogP contribution >= 0.6 is 34.3 Å². The van der Waals surface area contributed by atoms with E-state index in [1.807, 2.05) is 22.9 Å². The molecule has 22 heavy (non-hydrogen) atoms. The van der Waals surface area contributed by atoms with Crippen LogP contribution in [0.5, 0.6) is 0 Å². The molecule has 3 heterocycles. The summed E-state index contributed by atoms with van der Waals surface area (Å²) in [7, 11) is 0. The summed E-state index contributed by atoms with van der Waals surface area (Å²) in [4.78, 5) is 16.6. The van der Waals surface area contributed by atoms with Crippen LogP contribution in [-0.4, -0.2) is 16.1 Å². The molecule has 8 heteroatoms. The van der Waals surface area contributed by atoms with Gasteiger partial charge < -0.3 is 9.26 Å². The molecule has 5 nitrogen and oxygen atoms in total. The van der Waals surface area contributed by atoms with Crippen molar-refractivity contribution >= 4 is 46.3 Å². The zero-order valence-electron chi connectivity index (χ0n) is 11.1. The van der Waals surface area contributed by atoms with E-state index in [4.69, 9.17) is 20.9 Å². The van der Waals surface area contributed by atoms with Gasteiger partial charge in [-0.2, -0.15) is 16.3 Å². The average molecular weight is 353 g/mol. The first kappa shape index (κ1) is 15.0. The molecule has 3 aromatic rings. The highest BCUT2D eigenvalue weighted by molar-refractivity contribution is 7.17. The van der Waals surface area contributed by atoms with Crippen LogP contribution in [0.2, 0.25) is 4.34 Å². The second-order valence-corrected chi connectivity index (χ2v) is 6.64. The van der Waals surface area contributed by atoms with Crippen molar-refractivity contribution in [2.75, 3.05) is 0 Å². The highest BCUT2D eigenvalue weighted by atomic mass is 35.5. The maximum atomic E-state index is 11.6. The van der Waals surface area contributed by atoms with Gasteiger partial charge in [0.2, 0.25) is 5.82 Å². The molecule has 0 radical (unpaired) electrons. The summed E-state index contributed by atoms with van der Waals surface area (Å²) in [6.07, 6.45) is 2.98. The minimum Gasteiger partial charge on any atom is -0.454 e. The van der Waals surface area contributed by atoms with E-state index in [-0.39, 0.29) is 6.61 Å². The Kier molecular flexibility index (Phi) is 4.67. The molecule has 0 N–H and O–H groups in total. The Bertz CT molecular complexity index is 793. The highest BCUT2D eigenvalue weighted by Crippen LogP contribution is 2.22. The van der Waals surface area contributed by atoms with E-state index < -0.39 is 5.97 Å². The third-order valence-corrected chi connectivity index (χ3v) is 4.44. The number of ether oxygens (including phenoxy) is 1. The molecule has 0 saturated carbocycles. The van der Waals surface area contributed by atoms with Gasteiger partial charge in [-0.05, 0) is 29.7 Å². The summed E-state index contributed by atoms with van der Waals surface area (Å²) in [6, 6.07) is 5.47. The number of nitrogens with zero attached hydrogens (tertiary/aromatic N) is 2. The molecular weight excluding hydrogens is 344 g/mol. The largest absolute Gasteiger partial charge is 0.454 e. The van der Waals surface area contributed by atoms with E-state index in [0.717, 1.165) is 10.4 Å². The van der Waals surface area contributed by atoms with Gasteiger partial charge in [-0.3, -0.25) is 0 Å². The van der Waals surface area contributed by atoms with E-state index in [9.17, 15) is 4.79 Å². The molecule has 0 aliphatic rings. The average Bonchev–Trinajstić information content (AvgIpc) is 3.23. The molecule has 0 aromatic carbocycles. The van der Waals surface area contributed by atoms with Gasteiger partial charge in [0.25, 0.3) is 5.89 Å². The molecule has 0 spiro atoms. The van der Waals surface area contributed by atoms with Crippen molar-refractivity contribution in [1.82, 2.24) is 10.1 Å². The highest BCUT2D eigenvalue weighted by Gasteiger charge is 2.10. The summed E-state index contributed by atoms with van der Waals surface area (Å²) in [5.41, 5.74) is 0.851. The fourth-order valence-corrected chi connectivity index (χ4v) is 3.16. The number of rotatable bonds is 5. The quantitative estimate of drug-likeness (QED) is 0.506. The van der Waals surface area contributed by atoms with Crippen molar-refractivity contribution in [1.29, 1.82) is 0 Å². The predicted octanol–water partition coefficient (Wildman–Crippen LogP) is 4.27. The van der Waals surface area contributed by atoms with E-state index in [2.05, 4.69) is 10.1 Å². The van der Waals surface area contributed by atoms with Gasteiger partial charge in [0.1, 0.15) is 0 Å². The lowest BCUT2D eigenvalue weighted by Crippen LogP contribution is -2.01.